The number of benzene rings is 2. The van der Waals surface area contributed by atoms with Crippen molar-refractivity contribution in [1.82, 2.24) is 5.32 Å². The van der Waals surface area contributed by atoms with Crippen LogP contribution in [0.4, 0.5) is 18.9 Å². The van der Waals surface area contributed by atoms with Crippen LogP contribution in [0.1, 0.15) is 18.1 Å². The molecule has 0 fully saturated rings. The Bertz CT molecular complexity index is 844. The SMILES string of the molecule is COc1ccc(/C=C/C(=O)NC(C)C(=O)Nc2ccc(C(F)(F)F)cc2)cc1. The Hall–Kier alpha value is -3.29. The van der Waals surface area contributed by atoms with Gasteiger partial charge < -0.3 is 15.4 Å². The summed E-state index contributed by atoms with van der Waals surface area (Å²) in [6, 6.07) is 10.2. The van der Waals surface area contributed by atoms with Crippen LogP contribution >= 0.6 is 0 Å². The molecule has 0 saturated heterocycles. The van der Waals surface area contributed by atoms with Crippen molar-refractivity contribution in [3.05, 3.63) is 65.7 Å². The highest BCUT2D eigenvalue weighted by Crippen LogP contribution is 2.29. The van der Waals surface area contributed by atoms with Gasteiger partial charge in [0.1, 0.15) is 11.8 Å². The van der Waals surface area contributed by atoms with Gasteiger partial charge >= 0.3 is 6.18 Å². The summed E-state index contributed by atoms with van der Waals surface area (Å²) in [5, 5.41) is 4.94. The van der Waals surface area contributed by atoms with E-state index in [9.17, 15) is 22.8 Å². The Kier molecular flexibility index (Phi) is 6.81. The molecule has 8 heteroatoms. The molecule has 2 rings (SSSR count). The standard InChI is InChI=1S/C20H19F3N2O3/c1-13(19(27)25-16-8-6-15(7-9-16)20(21,22)23)24-18(26)12-5-14-3-10-17(28-2)11-4-14/h3-13H,1-2H3,(H,24,26)(H,25,27)/b12-5+. The molecule has 0 aliphatic carbocycles. The predicted molar refractivity (Wildman–Crippen MR) is 99.7 cm³/mol. The van der Waals surface area contributed by atoms with Gasteiger partial charge in [0.05, 0.1) is 12.7 Å². The average Bonchev–Trinajstić information content (AvgIpc) is 2.66. The number of hydrogen-bond donors (Lipinski definition) is 2. The number of methoxy groups -OCH3 is 1. The van der Waals surface area contributed by atoms with E-state index in [0.717, 1.165) is 29.8 Å². The predicted octanol–water partition coefficient (Wildman–Crippen LogP) is 3.87. The van der Waals surface area contributed by atoms with Gasteiger partial charge in [-0.15, -0.1) is 0 Å². The van der Waals surface area contributed by atoms with Crippen molar-refractivity contribution in [1.29, 1.82) is 0 Å². The van der Waals surface area contributed by atoms with Crippen LogP contribution in [0.15, 0.2) is 54.6 Å². The minimum absolute atomic E-state index is 0.202. The third-order valence-corrected chi connectivity index (χ3v) is 3.77. The van der Waals surface area contributed by atoms with E-state index in [4.69, 9.17) is 4.74 Å². The summed E-state index contributed by atoms with van der Waals surface area (Å²) in [6.45, 7) is 1.47. The number of rotatable bonds is 6. The van der Waals surface area contributed by atoms with Crippen molar-refractivity contribution in [3.8, 4) is 5.75 Å². The number of amides is 2. The topological polar surface area (TPSA) is 67.4 Å². The summed E-state index contributed by atoms with van der Waals surface area (Å²) >= 11 is 0. The molecule has 0 aliphatic rings. The molecule has 0 heterocycles. The molecule has 0 spiro atoms. The average molecular weight is 392 g/mol. The number of halogens is 3. The Labute approximate surface area is 160 Å². The summed E-state index contributed by atoms with van der Waals surface area (Å²) in [5.41, 5.74) is 0.168. The van der Waals surface area contributed by atoms with Gasteiger partial charge in [0.25, 0.3) is 0 Å². The smallest absolute Gasteiger partial charge is 0.416 e. The molecule has 2 N–H and O–H groups in total. The molecule has 0 aliphatic heterocycles. The molecule has 0 bridgehead atoms. The summed E-state index contributed by atoms with van der Waals surface area (Å²) in [6.07, 6.45) is -1.58. The lowest BCUT2D eigenvalue weighted by Crippen LogP contribution is -2.40. The first kappa shape index (κ1) is 21.0. The fourth-order valence-electron chi connectivity index (χ4n) is 2.21. The molecule has 1 unspecified atom stereocenters. The second kappa shape index (κ2) is 9.07. The van der Waals surface area contributed by atoms with Crippen molar-refractivity contribution < 1.29 is 27.5 Å². The Morgan fingerprint density at radius 1 is 1.04 bits per heavy atom. The van der Waals surface area contributed by atoms with Crippen LogP contribution in [-0.4, -0.2) is 25.0 Å². The maximum absolute atomic E-state index is 12.5. The normalized spacial score (nSPS) is 12.5. The van der Waals surface area contributed by atoms with Crippen molar-refractivity contribution in [2.24, 2.45) is 0 Å². The number of carbonyl (C=O) groups is 2. The first-order chi connectivity index (χ1) is 13.2. The van der Waals surface area contributed by atoms with E-state index in [1.807, 2.05) is 0 Å². The molecule has 2 amide bonds. The lowest BCUT2D eigenvalue weighted by atomic mass is 10.2. The second-order valence-corrected chi connectivity index (χ2v) is 5.90. The van der Waals surface area contributed by atoms with E-state index in [1.54, 1.807) is 37.5 Å². The molecule has 0 aromatic heterocycles. The van der Waals surface area contributed by atoms with Gasteiger partial charge in [-0.05, 0) is 55.0 Å². The third kappa shape index (κ3) is 6.15. The maximum Gasteiger partial charge on any atom is 0.416 e. The zero-order valence-corrected chi connectivity index (χ0v) is 15.2. The van der Waals surface area contributed by atoms with Gasteiger partial charge in [-0.2, -0.15) is 13.2 Å². The van der Waals surface area contributed by atoms with Gasteiger partial charge in [-0.1, -0.05) is 12.1 Å². The molecular weight excluding hydrogens is 373 g/mol. The van der Waals surface area contributed by atoms with Crippen LogP contribution in [0.25, 0.3) is 6.08 Å². The Morgan fingerprint density at radius 2 is 1.64 bits per heavy atom. The number of nitrogens with one attached hydrogen (secondary N) is 2. The molecule has 28 heavy (non-hydrogen) atoms. The minimum Gasteiger partial charge on any atom is -0.497 e. The van der Waals surface area contributed by atoms with Crippen LogP contribution in [0, 0.1) is 0 Å². The number of hydrogen-bond acceptors (Lipinski definition) is 3. The molecule has 2 aromatic rings. The molecule has 0 saturated carbocycles. The highest BCUT2D eigenvalue weighted by molar-refractivity contribution is 5.99. The van der Waals surface area contributed by atoms with Gasteiger partial charge in [-0.3, -0.25) is 9.59 Å². The fourth-order valence-corrected chi connectivity index (χ4v) is 2.21. The maximum atomic E-state index is 12.5. The first-order valence-corrected chi connectivity index (χ1v) is 8.30. The highest BCUT2D eigenvalue weighted by atomic mass is 19.4. The zero-order valence-electron chi connectivity index (χ0n) is 15.2. The van der Waals surface area contributed by atoms with E-state index < -0.39 is 29.6 Å². The van der Waals surface area contributed by atoms with Crippen LogP contribution in [0.2, 0.25) is 0 Å². The van der Waals surface area contributed by atoms with E-state index in [2.05, 4.69) is 10.6 Å². The van der Waals surface area contributed by atoms with Crippen LogP contribution in [0.5, 0.6) is 5.75 Å². The monoisotopic (exact) mass is 392 g/mol. The summed E-state index contributed by atoms with van der Waals surface area (Å²) in [7, 11) is 1.55. The van der Waals surface area contributed by atoms with Gasteiger partial charge in [-0.25, -0.2) is 0 Å². The second-order valence-electron chi connectivity index (χ2n) is 5.90. The van der Waals surface area contributed by atoms with E-state index in [0.29, 0.717) is 5.75 Å². The van der Waals surface area contributed by atoms with Crippen molar-refractivity contribution >= 4 is 23.6 Å². The lowest BCUT2D eigenvalue weighted by molar-refractivity contribution is -0.137. The van der Waals surface area contributed by atoms with E-state index in [-0.39, 0.29) is 5.69 Å². The van der Waals surface area contributed by atoms with Crippen molar-refractivity contribution in [3.63, 3.8) is 0 Å². The van der Waals surface area contributed by atoms with E-state index in [1.165, 1.54) is 13.0 Å². The zero-order chi connectivity index (χ0) is 20.7. The van der Waals surface area contributed by atoms with Gasteiger partial charge in [0, 0.05) is 11.8 Å². The number of ether oxygens (including phenoxy) is 1. The van der Waals surface area contributed by atoms with Crippen LogP contribution in [-0.2, 0) is 15.8 Å². The summed E-state index contributed by atoms with van der Waals surface area (Å²) in [5.74, 6) is -0.341. The summed E-state index contributed by atoms with van der Waals surface area (Å²) < 4.78 is 42.7. The largest absolute Gasteiger partial charge is 0.497 e. The molecule has 2 aromatic carbocycles. The van der Waals surface area contributed by atoms with Crippen LogP contribution < -0.4 is 15.4 Å². The molecule has 148 valence electrons. The summed E-state index contributed by atoms with van der Waals surface area (Å²) in [4.78, 5) is 24.0. The van der Waals surface area contributed by atoms with Gasteiger partial charge in [0.2, 0.25) is 11.8 Å². The van der Waals surface area contributed by atoms with Crippen LogP contribution in [0.3, 0.4) is 0 Å². The third-order valence-electron chi connectivity index (χ3n) is 3.77. The number of alkyl halides is 3. The first-order valence-electron chi connectivity index (χ1n) is 8.30. The van der Waals surface area contributed by atoms with Gasteiger partial charge in [0.15, 0.2) is 0 Å². The minimum atomic E-state index is -4.44. The molecule has 1 atom stereocenters. The fraction of sp³-hybridized carbons (Fsp3) is 0.200. The Balaban J connectivity index is 1.88. The lowest BCUT2D eigenvalue weighted by Gasteiger charge is -2.13. The number of anilines is 1. The molecule has 5 nitrogen and oxygen atoms in total. The molecular formula is C20H19F3N2O3. The van der Waals surface area contributed by atoms with Crippen molar-refractivity contribution in [2.75, 3.05) is 12.4 Å². The van der Waals surface area contributed by atoms with Crippen molar-refractivity contribution in [2.45, 2.75) is 19.1 Å². The number of carbonyl (C=O) groups excluding carboxylic acids is 2. The van der Waals surface area contributed by atoms with E-state index >= 15 is 0 Å². The quantitative estimate of drug-likeness (QED) is 0.734. The Morgan fingerprint density at radius 3 is 2.18 bits per heavy atom. The highest BCUT2D eigenvalue weighted by Gasteiger charge is 2.30. The molecule has 0 radical (unpaired) electrons.